The Labute approximate surface area is 180 Å². The summed E-state index contributed by atoms with van der Waals surface area (Å²) in [5, 5.41) is 11.7. The summed E-state index contributed by atoms with van der Waals surface area (Å²) < 4.78 is 0. The van der Waals surface area contributed by atoms with Gasteiger partial charge in [0, 0.05) is 30.2 Å². The van der Waals surface area contributed by atoms with Crippen molar-refractivity contribution in [1.29, 1.82) is 0 Å². The van der Waals surface area contributed by atoms with E-state index < -0.39 is 5.41 Å². The van der Waals surface area contributed by atoms with Gasteiger partial charge in [-0.25, -0.2) is 0 Å². The predicted molar refractivity (Wildman–Crippen MR) is 118 cm³/mol. The number of carbonyl (C=O) groups excluding carboxylic acids is 2. The van der Waals surface area contributed by atoms with Gasteiger partial charge in [-0.2, -0.15) is 5.10 Å². The lowest BCUT2D eigenvalue weighted by molar-refractivity contribution is -0.130. The molecule has 30 heavy (non-hydrogen) atoms. The first-order valence-corrected chi connectivity index (χ1v) is 11.1. The van der Waals surface area contributed by atoms with Crippen LogP contribution in [0.25, 0.3) is 10.4 Å². The molecule has 1 fully saturated rings. The molecule has 2 amide bonds. The normalized spacial score (nSPS) is 18.7. The zero-order valence-corrected chi connectivity index (χ0v) is 18.0. The second-order valence-corrected chi connectivity index (χ2v) is 9.15. The fourth-order valence-electron chi connectivity index (χ4n) is 4.04. The third kappa shape index (κ3) is 4.16. The molecule has 2 aromatic heterocycles. The van der Waals surface area contributed by atoms with E-state index in [-0.39, 0.29) is 17.9 Å². The minimum absolute atomic E-state index is 0.0137. The SMILES string of the molecule is CC(C)NC(=O)[C@]1(Cc2ccc(-c3cccs3)cc2)CCN(C(=O)c2ccn[nH]2)C1. The molecule has 7 heteroatoms. The first-order chi connectivity index (χ1) is 14.5. The van der Waals surface area contributed by atoms with E-state index in [1.54, 1.807) is 28.5 Å². The molecule has 3 heterocycles. The average molecular weight is 423 g/mol. The Morgan fingerprint density at radius 3 is 2.67 bits per heavy atom. The summed E-state index contributed by atoms with van der Waals surface area (Å²) in [4.78, 5) is 29.0. The van der Waals surface area contributed by atoms with Crippen LogP contribution in [-0.4, -0.2) is 46.0 Å². The number of aromatic amines is 1. The Kier molecular flexibility index (Phi) is 5.72. The van der Waals surface area contributed by atoms with E-state index in [9.17, 15) is 9.59 Å². The van der Waals surface area contributed by atoms with Crippen molar-refractivity contribution in [2.24, 2.45) is 5.41 Å². The van der Waals surface area contributed by atoms with Crippen LogP contribution in [0.1, 0.15) is 36.3 Å². The van der Waals surface area contributed by atoms with Crippen molar-refractivity contribution in [2.75, 3.05) is 13.1 Å². The quantitative estimate of drug-likeness (QED) is 0.635. The molecule has 4 rings (SSSR count). The van der Waals surface area contributed by atoms with Gasteiger partial charge in [-0.1, -0.05) is 30.3 Å². The van der Waals surface area contributed by atoms with Crippen LogP contribution in [-0.2, 0) is 11.2 Å². The summed E-state index contributed by atoms with van der Waals surface area (Å²) in [6.45, 7) is 4.88. The lowest BCUT2D eigenvalue weighted by Gasteiger charge is -2.29. The van der Waals surface area contributed by atoms with Gasteiger partial charge in [0.15, 0.2) is 0 Å². The van der Waals surface area contributed by atoms with Crippen molar-refractivity contribution < 1.29 is 9.59 Å². The standard InChI is InChI=1S/C23H26N4O2S/c1-16(2)25-22(29)23(10-12-27(15-23)21(28)19-9-11-24-26-19)14-17-5-7-18(8-6-17)20-4-3-13-30-20/h3-9,11,13,16H,10,12,14-15H2,1-2H3,(H,24,26)(H,25,29)/t23-/m0/s1. The first-order valence-electron chi connectivity index (χ1n) is 10.2. The Balaban J connectivity index is 1.56. The van der Waals surface area contributed by atoms with Crippen LogP contribution < -0.4 is 5.32 Å². The van der Waals surface area contributed by atoms with Crippen LogP contribution in [0.2, 0.25) is 0 Å². The third-order valence-electron chi connectivity index (χ3n) is 5.58. The summed E-state index contributed by atoms with van der Waals surface area (Å²) in [6, 6.07) is 14.3. The maximum atomic E-state index is 13.2. The molecule has 0 bridgehead atoms. The van der Waals surface area contributed by atoms with Gasteiger partial charge in [-0.3, -0.25) is 14.7 Å². The number of benzene rings is 1. The summed E-state index contributed by atoms with van der Waals surface area (Å²) in [5.41, 5.74) is 2.10. The molecular weight excluding hydrogens is 396 g/mol. The average Bonchev–Trinajstić information content (AvgIpc) is 3.49. The van der Waals surface area contributed by atoms with Crippen LogP contribution in [0.15, 0.2) is 54.0 Å². The van der Waals surface area contributed by atoms with Gasteiger partial charge in [0.25, 0.3) is 5.91 Å². The highest BCUT2D eigenvalue weighted by Gasteiger charge is 2.46. The molecule has 2 N–H and O–H groups in total. The maximum Gasteiger partial charge on any atom is 0.271 e. The molecule has 0 saturated carbocycles. The molecule has 1 aliphatic heterocycles. The number of thiophene rings is 1. The van der Waals surface area contributed by atoms with Gasteiger partial charge >= 0.3 is 0 Å². The Hall–Kier alpha value is -2.93. The molecule has 156 valence electrons. The largest absolute Gasteiger partial charge is 0.353 e. The van der Waals surface area contributed by atoms with Crippen LogP contribution in [0.4, 0.5) is 0 Å². The topological polar surface area (TPSA) is 78.1 Å². The van der Waals surface area contributed by atoms with Gasteiger partial charge in [0.1, 0.15) is 5.69 Å². The second-order valence-electron chi connectivity index (χ2n) is 8.21. The van der Waals surface area contributed by atoms with E-state index in [1.807, 2.05) is 19.9 Å². The van der Waals surface area contributed by atoms with E-state index in [0.717, 1.165) is 5.56 Å². The van der Waals surface area contributed by atoms with Crippen molar-refractivity contribution in [3.05, 3.63) is 65.3 Å². The van der Waals surface area contributed by atoms with E-state index in [4.69, 9.17) is 0 Å². The van der Waals surface area contributed by atoms with Gasteiger partial charge in [-0.15, -0.1) is 11.3 Å². The fourth-order valence-corrected chi connectivity index (χ4v) is 4.77. The smallest absolute Gasteiger partial charge is 0.271 e. The van der Waals surface area contributed by atoms with Crippen molar-refractivity contribution in [3.63, 3.8) is 0 Å². The molecule has 0 radical (unpaired) electrons. The number of H-pyrrole nitrogens is 1. The number of rotatable bonds is 6. The Bertz CT molecular complexity index is 997. The number of nitrogens with one attached hydrogen (secondary N) is 2. The van der Waals surface area contributed by atoms with Gasteiger partial charge in [-0.05, 0) is 55.3 Å². The molecule has 1 aliphatic rings. The van der Waals surface area contributed by atoms with Crippen molar-refractivity contribution in [3.8, 4) is 10.4 Å². The lowest BCUT2D eigenvalue weighted by atomic mass is 9.79. The molecule has 0 spiro atoms. The van der Waals surface area contributed by atoms with Gasteiger partial charge in [0.2, 0.25) is 5.91 Å². The fraction of sp³-hybridized carbons (Fsp3) is 0.348. The van der Waals surface area contributed by atoms with Crippen LogP contribution in [0, 0.1) is 5.41 Å². The molecule has 1 atom stereocenters. The van der Waals surface area contributed by atoms with Crippen LogP contribution >= 0.6 is 11.3 Å². The molecule has 0 aliphatic carbocycles. The van der Waals surface area contributed by atoms with Crippen molar-refractivity contribution >= 4 is 23.2 Å². The van der Waals surface area contributed by atoms with Gasteiger partial charge < -0.3 is 10.2 Å². The monoisotopic (exact) mass is 422 g/mol. The highest BCUT2D eigenvalue weighted by molar-refractivity contribution is 7.13. The predicted octanol–water partition coefficient (Wildman–Crippen LogP) is 3.74. The third-order valence-corrected chi connectivity index (χ3v) is 6.49. The second kappa shape index (κ2) is 8.44. The van der Waals surface area contributed by atoms with Crippen LogP contribution in [0.3, 0.4) is 0 Å². The number of hydrogen-bond donors (Lipinski definition) is 2. The van der Waals surface area contributed by atoms with E-state index in [1.165, 1.54) is 10.4 Å². The number of likely N-dealkylation sites (tertiary alicyclic amines) is 1. The molecule has 1 aromatic carbocycles. The van der Waals surface area contributed by atoms with Crippen molar-refractivity contribution in [2.45, 2.75) is 32.7 Å². The van der Waals surface area contributed by atoms with Gasteiger partial charge in [0.05, 0.1) is 5.41 Å². The molecule has 0 unspecified atom stereocenters. The zero-order valence-electron chi connectivity index (χ0n) is 17.2. The molecule has 1 saturated heterocycles. The molecule has 6 nitrogen and oxygen atoms in total. The van der Waals surface area contributed by atoms with Crippen molar-refractivity contribution in [1.82, 2.24) is 20.4 Å². The molecular formula is C23H26N4O2S. The summed E-state index contributed by atoms with van der Waals surface area (Å²) in [5.74, 6) is -0.0977. The molecule has 3 aromatic rings. The number of nitrogens with zero attached hydrogens (tertiary/aromatic N) is 2. The van der Waals surface area contributed by atoms with Crippen LogP contribution in [0.5, 0.6) is 0 Å². The number of carbonyl (C=O) groups is 2. The Morgan fingerprint density at radius 2 is 2.03 bits per heavy atom. The number of amides is 2. The van der Waals surface area contributed by atoms with E-state index in [0.29, 0.717) is 31.6 Å². The summed E-state index contributed by atoms with van der Waals surface area (Å²) in [6.07, 6.45) is 2.80. The number of aromatic nitrogens is 2. The minimum Gasteiger partial charge on any atom is -0.353 e. The summed E-state index contributed by atoms with van der Waals surface area (Å²) in [7, 11) is 0. The summed E-state index contributed by atoms with van der Waals surface area (Å²) >= 11 is 1.71. The lowest BCUT2D eigenvalue weighted by Crippen LogP contribution is -2.47. The van der Waals surface area contributed by atoms with E-state index >= 15 is 0 Å². The van der Waals surface area contributed by atoms with E-state index in [2.05, 4.69) is 51.2 Å². The Morgan fingerprint density at radius 1 is 1.23 bits per heavy atom. The first kappa shape index (κ1) is 20.3. The highest BCUT2D eigenvalue weighted by atomic mass is 32.1. The zero-order chi connectivity index (χ0) is 21.1. The maximum absolute atomic E-state index is 13.2. The highest BCUT2D eigenvalue weighted by Crippen LogP contribution is 2.36. The minimum atomic E-state index is -0.635. The number of hydrogen-bond acceptors (Lipinski definition) is 4.